The van der Waals surface area contributed by atoms with Crippen molar-refractivity contribution in [1.82, 2.24) is 5.32 Å². The van der Waals surface area contributed by atoms with Crippen molar-refractivity contribution in [3.63, 3.8) is 0 Å². The predicted octanol–water partition coefficient (Wildman–Crippen LogP) is 0.872. The topological polar surface area (TPSA) is 47.6 Å². The summed E-state index contributed by atoms with van der Waals surface area (Å²) in [5.74, 6) is 1.74. The fraction of sp³-hybridized carbons (Fsp3) is 0.364. The SMILES string of the molecule is O=C(NCCS)C1COc2ccccc2O1. The van der Waals surface area contributed by atoms with E-state index < -0.39 is 6.10 Å². The Kier molecular flexibility index (Phi) is 3.56. The minimum absolute atomic E-state index is 0.163. The van der Waals surface area contributed by atoms with Crippen LogP contribution in [0.2, 0.25) is 0 Å². The quantitative estimate of drug-likeness (QED) is 0.770. The normalized spacial score (nSPS) is 17.9. The van der Waals surface area contributed by atoms with Crippen LogP contribution >= 0.6 is 12.6 Å². The summed E-state index contributed by atoms with van der Waals surface area (Å²) in [6.07, 6.45) is -0.574. The van der Waals surface area contributed by atoms with Gasteiger partial charge in [-0.15, -0.1) is 0 Å². The van der Waals surface area contributed by atoms with Crippen molar-refractivity contribution in [2.45, 2.75) is 6.10 Å². The molecule has 1 aliphatic heterocycles. The molecule has 16 heavy (non-hydrogen) atoms. The van der Waals surface area contributed by atoms with E-state index in [0.29, 0.717) is 23.8 Å². The summed E-state index contributed by atoms with van der Waals surface area (Å²) in [6.45, 7) is 0.777. The third-order valence-corrected chi connectivity index (χ3v) is 2.44. The molecule has 1 amide bonds. The number of nitrogens with one attached hydrogen (secondary N) is 1. The molecular weight excluding hydrogens is 226 g/mol. The molecule has 2 rings (SSSR count). The zero-order valence-corrected chi connectivity index (χ0v) is 9.57. The van der Waals surface area contributed by atoms with Crippen LogP contribution in [0, 0.1) is 0 Å². The summed E-state index contributed by atoms with van der Waals surface area (Å²) < 4.78 is 11.0. The van der Waals surface area contributed by atoms with E-state index in [4.69, 9.17) is 9.47 Å². The lowest BCUT2D eigenvalue weighted by atomic mass is 10.2. The van der Waals surface area contributed by atoms with Gasteiger partial charge in [0.2, 0.25) is 6.10 Å². The minimum Gasteiger partial charge on any atom is -0.485 e. The third kappa shape index (κ3) is 2.41. The number of carbonyl (C=O) groups excluding carboxylic acids is 1. The largest absolute Gasteiger partial charge is 0.485 e. The van der Waals surface area contributed by atoms with Crippen LogP contribution in [0.15, 0.2) is 24.3 Å². The highest BCUT2D eigenvalue weighted by Gasteiger charge is 2.26. The first kappa shape index (κ1) is 11.1. The molecule has 0 fully saturated rings. The number of amides is 1. The van der Waals surface area contributed by atoms with Gasteiger partial charge in [0, 0.05) is 12.3 Å². The zero-order chi connectivity index (χ0) is 11.4. The van der Waals surface area contributed by atoms with Crippen LogP contribution in [0.25, 0.3) is 0 Å². The molecule has 4 nitrogen and oxygen atoms in total. The van der Waals surface area contributed by atoms with Gasteiger partial charge in [-0.2, -0.15) is 12.6 Å². The summed E-state index contributed by atoms with van der Waals surface area (Å²) in [6, 6.07) is 7.31. The van der Waals surface area contributed by atoms with Crippen LogP contribution in [-0.2, 0) is 4.79 Å². The number of para-hydroxylation sites is 2. The van der Waals surface area contributed by atoms with Gasteiger partial charge >= 0.3 is 0 Å². The van der Waals surface area contributed by atoms with Crippen molar-refractivity contribution < 1.29 is 14.3 Å². The molecule has 0 aliphatic carbocycles. The molecule has 0 saturated heterocycles. The maximum absolute atomic E-state index is 11.6. The van der Waals surface area contributed by atoms with Crippen molar-refractivity contribution >= 4 is 18.5 Å². The first-order valence-electron chi connectivity index (χ1n) is 5.08. The van der Waals surface area contributed by atoms with E-state index in [-0.39, 0.29) is 12.5 Å². The molecule has 1 aliphatic rings. The Bertz CT molecular complexity index is 383. The van der Waals surface area contributed by atoms with Gasteiger partial charge in [-0.3, -0.25) is 4.79 Å². The zero-order valence-electron chi connectivity index (χ0n) is 8.68. The van der Waals surface area contributed by atoms with Gasteiger partial charge in [0.25, 0.3) is 5.91 Å². The van der Waals surface area contributed by atoms with E-state index in [0.717, 1.165) is 0 Å². The summed E-state index contributed by atoms with van der Waals surface area (Å²) in [5.41, 5.74) is 0. The fourth-order valence-electron chi connectivity index (χ4n) is 1.44. The molecule has 1 N–H and O–H groups in total. The summed E-state index contributed by atoms with van der Waals surface area (Å²) in [7, 11) is 0. The van der Waals surface area contributed by atoms with E-state index in [1.54, 1.807) is 6.07 Å². The van der Waals surface area contributed by atoms with Crippen molar-refractivity contribution in [2.75, 3.05) is 18.9 Å². The average Bonchev–Trinajstić information content (AvgIpc) is 2.35. The highest BCUT2D eigenvalue weighted by atomic mass is 32.1. The standard InChI is InChI=1S/C11H13NO3S/c13-11(12-5-6-16)10-7-14-8-3-1-2-4-9(8)15-10/h1-4,10,16H,5-7H2,(H,12,13). The smallest absolute Gasteiger partial charge is 0.264 e. The van der Waals surface area contributed by atoms with Crippen LogP contribution in [0.4, 0.5) is 0 Å². The van der Waals surface area contributed by atoms with E-state index in [9.17, 15) is 4.79 Å². The molecule has 5 heteroatoms. The molecule has 1 aromatic carbocycles. The number of thiol groups is 1. The van der Waals surface area contributed by atoms with E-state index in [2.05, 4.69) is 17.9 Å². The lowest BCUT2D eigenvalue weighted by Gasteiger charge is -2.25. The molecular formula is C11H13NO3S. The Balaban J connectivity index is 1.99. The highest BCUT2D eigenvalue weighted by Crippen LogP contribution is 2.30. The van der Waals surface area contributed by atoms with Crippen LogP contribution in [0.1, 0.15) is 0 Å². The van der Waals surface area contributed by atoms with Gasteiger partial charge in [-0.1, -0.05) is 12.1 Å². The van der Waals surface area contributed by atoms with Gasteiger partial charge in [-0.05, 0) is 12.1 Å². The molecule has 0 radical (unpaired) electrons. The molecule has 1 heterocycles. The third-order valence-electron chi connectivity index (χ3n) is 2.21. The Morgan fingerprint density at radius 3 is 2.94 bits per heavy atom. The molecule has 1 atom stereocenters. The van der Waals surface area contributed by atoms with Crippen molar-refractivity contribution in [3.05, 3.63) is 24.3 Å². The number of hydrogen-bond acceptors (Lipinski definition) is 4. The Morgan fingerprint density at radius 2 is 2.19 bits per heavy atom. The first-order valence-corrected chi connectivity index (χ1v) is 5.71. The lowest BCUT2D eigenvalue weighted by molar-refractivity contribution is -0.130. The number of benzene rings is 1. The van der Waals surface area contributed by atoms with Gasteiger partial charge in [0.05, 0.1) is 0 Å². The highest BCUT2D eigenvalue weighted by molar-refractivity contribution is 7.80. The number of carbonyl (C=O) groups is 1. The first-order chi connectivity index (χ1) is 7.81. The van der Waals surface area contributed by atoms with Gasteiger partial charge in [0.15, 0.2) is 11.5 Å². The maximum Gasteiger partial charge on any atom is 0.264 e. The van der Waals surface area contributed by atoms with E-state index >= 15 is 0 Å². The summed E-state index contributed by atoms with van der Waals surface area (Å²) in [4.78, 5) is 11.6. The van der Waals surface area contributed by atoms with Crippen molar-refractivity contribution in [2.24, 2.45) is 0 Å². The molecule has 86 valence electrons. The number of rotatable bonds is 3. The number of ether oxygens (including phenoxy) is 2. The Morgan fingerprint density at radius 1 is 1.44 bits per heavy atom. The number of fused-ring (bicyclic) bond motifs is 1. The minimum atomic E-state index is -0.574. The second kappa shape index (κ2) is 5.12. The van der Waals surface area contributed by atoms with Gasteiger partial charge in [-0.25, -0.2) is 0 Å². The van der Waals surface area contributed by atoms with Crippen molar-refractivity contribution in [1.29, 1.82) is 0 Å². The van der Waals surface area contributed by atoms with Crippen LogP contribution in [0.5, 0.6) is 11.5 Å². The lowest BCUT2D eigenvalue weighted by Crippen LogP contribution is -2.44. The maximum atomic E-state index is 11.6. The van der Waals surface area contributed by atoms with Crippen LogP contribution in [0.3, 0.4) is 0 Å². The fourth-order valence-corrected chi connectivity index (χ4v) is 1.55. The summed E-state index contributed by atoms with van der Waals surface area (Å²) in [5, 5.41) is 2.71. The Labute approximate surface area is 99.3 Å². The summed E-state index contributed by atoms with van der Waals surface area (Å²) >= 11 is 4.02. The second-order valence-corrected chi connectivity index (χ2v) is 3.83. The molecule has 0 saturated carbocycles. The molecule has 1 unspecified atom stereocenters. The molecule has 1 aromatic rings. The van der Waals surface area contributed by atoms with Crippen LogP contribution < -0.4 is 14.8 Å². The van der Waals surface area contributed by atoms with Crippen molar-refractivity contribution in [3.8, 4) is 11.5 Å². The molecule has 0 spiro atoms. The molecule has 0 bridgehead atoms. The van der Waals surface area contributed by atoms with E-state index in [1.807, 2.05) is 18.2 Å². The van der Waals surface area contributed by atoms with Gasteiger partial charge in [0.1, 0.15) is 6.61 Å². The average molecular weight is 239 g/mol. The van der Waals surface area contributed by atoms with E-state index in [1.165, 1.54) is 0 Å². The molecule has 0 aromatic heterocycles. The van der Waals surface area contributed by atoms with Gasteiger partial charge < -0.3 is 14.8 Å². The predicted molar refractivity (Wildman–Crippen MR) is 63.2 cm³/mol. The monoisotopic (exact) mass is 239 g/mol. The second-order valence-electron chi connectivity index (χ2n) is 3.38. The number of hydrogen-bond donors (Lipinski definition) is 2. The van der Waals surface area contributed by atoms with Crippen LogP contribution in [-0.4, -0.2) is 30.9 Å². The Hall–Kier alpha value is -1.36.